The summed E-state index contributed by atoms with van der Waals surface area (Å²) in [6.45, 7) is 12.8. The van der Waals surface area contributed by atoms with Crippen molar-refractivity contribution in [3.05, 3.63) is 16.5 Å². The molecule has 0 saturated heterocycles. The molecule has 0 amide bonds. The predicted octanol–water partition coefficient (Wildman–Crippen LogP) is 4.71. The largest absolute Gasteiger partial charge is 0.378 e. The first kappa shape index (κ1) is 22.7. The first-order chi connectivity index (χ1) is 14.2. The monoisotopic (exact) mass is 526 g/mol. The molecule has 5 nitrogen and oxygen atoms in total. The molecule has 3 unspecified atom stereocenters. The third-order valence-electron chi connectivity index (χ3n) is 9.85. The number of nitrogens with two attached hydrogens (primary N) is 1. The van der Waals surface area contributed by atoms with Gasteiger partial charge in [-0.3, -0.25) is 9.63 Å². The molecule has 0 aliphatic heterocycles. The Kier molecular flexibility index (Phi) is 5.70. The van der Waals surface area contributed by atoms with Crippen LogP contribution >= 0.6 is 22.6 Å². The van der Waals surface area contributed by atoms with E-state index in [1.807, 2.05) is 6.08 Å². The van der Waals surface area contributed by atoms with E-state index in [0.717, 1.165) is 43.0 Å². The molecule has 4 rings (SSSR count). The van der Waals surface area contributed by atoms with E-state index >= 15 is 0 Å². The van der Waals surface area contributed by atoms with Crippen molar-refractivity contribution in [1.29, 1.82) is 0 Å². The van der Waals surface area contributed by atoms with Gasteiger partial charge in [-0.25, -0.2) is 0 Å². The number of nitrogens with zero attached hydrogens (tertiary/aromatic N) is 1. The highest BCUT2D eigenvalue weighted by molar-refractivity contribution is 14.1. The van der Waals surface area contributed by atoms with E-state index in [9.17, 15) is 4.79 Å². The molecule has 7 atom stereocenters. The second-order valence-corrected chi connectivity index (χ2v) is 11.6. The summed E-state index contributed by atoms with van der Waals surface area (Å²) in [6, 6.07) is 0. The number of rotatable bonds is 4. The van der Waals surface area contributed by atoms with Crippen molar-refractivity contribution in [2.75, 3.05) is 11.5 Å². The molecule has 0 heterocycles. The van der Waals surface area contributed by atoms with Crippen LogP contribution in [0, 0.1) is 41.1 Å². The molecule has 3 saturated carbocycles. The fourth-order valence-electron chi connectivity index (χ4n) is 8.11. The number of ketones is 1. The van der Waals surface area contributed by atoms with Crippen LogP contribution in [0.5, 0.6) is 0 Å². The Morgan fingerprint density at radius 3 is 2.67 bits per heavy atom. The van der Waals surface area contributed by atoms with Gasteiger partial charge in [0.05, 0.1) is 12.5 Å². The molecule has 0 spiro atoms. The summed E-state index contributed by atoms with van der Waals surface area (Å²) in [6.07, 6.45) is 8.90. The van der Waals surface area contributed by atoms with Gasteiger partial charge in [0.2, 0.25) is 0 Å². The van der Waals surface area contributed by atoms with Gasteiger partial charge in [-0.2, -0.15) is 0 Å². The molecule has 0 aromatic heterocycles. The Morgan fingerprint density at radius 2 is 2.07 bits per heavy atom. The number of nitrogens with one attached hydrogen (secondary N) is 1. The van der Waals surface area contributed by atoms with Crippen LogP contribution in [0.25, 0.3) is 4.85 Å². The Labute approximate surface area is 194 Å². The lowest BCUT2D eigenvalue weighted by Crippen LogP contribution is -2.70. The summed E-state index contributed by atoms with van der Waals surface area (Å²) >= 11 is 2.57. The number of fused-ring (bicyclic) bond motifs is 5. The molecule has 4 aliphatic carbocycles. The molecule has 6 heteroatoms. The van der Waals surface area contributed by atoms with Crippen LogP contribution in [0.15, 0.2) is 11.6 Å². The van der Waals surface area contributed by atoms with Gasteiger partial charge in [-0.05, 0) is 75.2 Å². The molecular weight excluding hydrogens is 489 g/mol. The first-order valence-electron chi connectivity index (χ1n) is 11.5. The summed E-state index contributed by atoms with van der Waals surface area (Å²) in [5, 5.41) is 0. The average Bonchev–Trinajstić information content (AvgIpc) is 2.93. The van der Waals surface area contributed by atoms with Gasteiger partial charge in [-0.15, -0.1) is 5.48 Å². The molecule has 0 radical (unpaired) electrons. The fraction of sp³-hybridized carbons (Fsp3) is 0.833. The van der Waals surface area contributed by atoms with Gasteiger partial charge in [0.15, 0.2) is 5.78 Å². The molecule has 0 aromatic rings. The average molecular weight is 526 g/mol. The molecule has 0 aromatic carbocycles. The summed E-state index contributed by atoms with van der Waals surface area (Å²) in [5.74, 6) is 2.13. The van der Waals surface area contributed by atoms with Crippen LogP contribution in [0.1, 0.15) is 65.7 Å². The van der Waals surface area contributed by atoms with Gasteiger partial charge in [0.1, 0.15) is 5.54 Å². The number of halogens is 1. The Balaban J connectivity index is 1.80. The van der Waals surface area contributed by atoms with Gasteiger partial charge < -0.3 is 5.73 Å². The molecule has 4 aliphatic rings. The maximum atomic E-state index is 12.2. The van der Waals surface area contributed by atoms with Crippen LogP contribution in [0.2, 0.25) is 0 Å². The highest BCUT2D eigenvalue weighted by atomic mass is 127. The lowest BCUT2D eigenvalue weighted by molar-refractivity contribution is -0.118. The van der Waals surface area contributed by atoms with Gasteiger partial charge in [0.25, 0.3) is 6.57 Å². The lowest BCUT2D eigenvalue weighted by atomic mass is 9.46. The maximum Gasteiger partial charge on any atom is 0.378 e. The lowest BCUT2D eigenvalue weighted by Gasteiger charge is -2.58. The summed E-state index contributed by atoms with van der Waals surface area (Å²) in [7, 11) is 1.64. The van der Waals surface area contributed by atoms with Gasteiger partial charge >= 0.3 is 5.66 Å². The Bertz CT molecular complexity index is 807. The summed E-state index contributed by atoms with van der Waals surface area (Å²) in [5.41, 5.74) is 10.4. The molecule has 30 heavy (non-hydrogen) atoms. The summed E-state index contributed by atoms with van der Waals surface area (Å²) < 4.78 is 1.09. The number of hydrogen-bond donors (Lipinski definition) is 2. The van der Waals surface area contributed by atoms with Crippen LogP contribution < -0.4 is 11.2 Å². The minimum Gasteiger partial charge on any atom is -0.317 e. The van der Waals surface area contributed by atoms with Crippen LogP contribution in [0.3, 0.4) is 0 Å². The Hall–Kier alpha value is -0.490. The molecule has 166 valence electrons. The first-order valence-corrected chi connectivity index (χ1v) is 13.0. The number of allylic oxidation sites excluding steroid dienone is 1. The standard InChI is InChI=1S/C24H37IN3O2/c1-15(2)23(26)13-20-18-7-6-16-12-17(29)8-11-22(16,14-25)19(18)9-10-21(20,3)24(23,27-4)28-30-5/h4,12,15,18-20,28H,6-11,13-14,26H2,1-3,5H3/q+1/t18?,19?,20?,21-,22+,23+,24+/m0/s1. The van der Waals surface area contributed by atoms with Crippen molar-refractivity contribution in [2.45, 2.75) is 76.9 Å². The molecule has 3 N–H and O–H groups in total. The zero-order valence-electron chi connectivity index (χ0n) is 18.8. The second-order valence-electron chi connectivity index (χ2n) is 10.8. The van der Waals surface area contributed by atoms with E-state index in [2.05, 4.69) is 53.7 Å². The van der Waals surface area contributed by atoms with Gasteiger partial charge in [0, 0.05) is 16.3 Å². The third kappa shape index (κ3) is 2.64. The minimum atomic E-state index is -0.811. The molecular formula is C24H37IN3O2+. The maximum absolute atomic E-state index is 12.2. The van der Waals surface area contributed by atoms with Crippen molar-refractivity contribution >= 4 is 28.4 Å². The molecule has 0 bridgehead atoms. The molecule has 3 fully saturated rings. The van der Waals surface area contributed by atoms with E-state index in [1.165, 1.54) is 5.57 Å². The van der Waals surface area contributed by atoms with Crippen molar-refractivity contribution in [2.24, 2.45) is 40.2 Å². The van der Waals surface area contributed by atoms with Gasteiger partial charge in [-0.1, -0.05) is 46.9 Å². The third-order valence-corrected chi connectivity index (χ3v) is 11.2. The van der Waals surface area contributed by atoms with Crippen LogP contribution in [0.4, 0.5) is 0 Å². The minimum absolute atomic E-state index is 0.171. The number of alkyl halides is 1. The van der Waals surface area contributed by atoms with Crippen LogP contribution in [-0.2, 0) is 9.63 Å². The number of hydroxylamine groups is 1. The van der Waals surface area contributed by atoms with Crippen LogP contribution in [-0.4, -0.2) is 28.5 Å². The van der Waals surface area contributed by atoms with Crippen molar-refractivity contribution < 1.29 is 9.63 Å². The van der Waals surface area contributed by atoms with E-state index in [1.54, 1.807) is 7.11 Å². The normalized spacial score (nSPS) is 47.9. The highest BCUT2D eigenvalue weighted by Crippen LogP contribution is 2.70. The zero-order valence-corrected chi connectivity index (χ0v) is 21.0. The van der Waals surface area contributed by atoms with Crippen molar-refractivity contribution in [3.63, 3.8) is 0 Å². The quantitative estimate of drug-likeness (QED) is 0.317. The Morgan fingerprint density at radius 1 is 1.33 bits per heavy atom. The highest BCUT2D eigenvalue weighted by Gasteiger charge is 2.80. The van der Waals surface area contributed by atoms with E-state index in [0.29, 0.717) is 30.0 Å². The van der Waals surface area contributed by atoms with E-state index < -0.39 is 11.2 Å². The zero-order chi connectivity index (χ0) is 21.9. The second kappa shape index (κ2) is 7.54. The number of carbonyl (C=O) groups excluding carboxylic acids is 1. The van der Waals surface area contributed by atoms with E-state index in [4.69, 9.17) is 17.1 Å². The predicted molar refractivity (Wildman–Crippen MR) is 128 cm³/mol. The fourth-order valence-corrected chi connectivity index (χ4v) is 9.54. The topological polar surface area (TPSA) is 68.7 Å². The van der Waals surface area contributed by atoms with E-state index in [-0.39, 0.29) is 16.7 Å². The van der Waals surface area contributed by atoms with Crippen molar-refractivity contribution in [3.8, 4) is 6.57 Å². The number of hydrogen-bond acceptors (Lipinski definition) is 4. The SMILES string of the molecule is C#[N+][C@@]1(NOC)[C@@]2(C)CCC3C(CCC4=CC(=O)CC[C@@]43CI)C2C[C@@]1(N)C(C)C. The number of carbonyl (C=O) groups is 1. The smallest absolute Gasteiger partial charge is 0.317 e. The summed E-state index contributed by atoms with van der Waals surface area (Å²) in [4.78, 5) is 22.2. The van der Waals surface area contributed by atoms with Crippen molar-refractivity contribution in [1.82, 2.24) is 5.48 Å².